The molecule has 0 fully saturated rings. The topological polar surface area (TPSA) is 66.9 Å². The molecule has 0 saturated heterocycles. The molecule has 4 aromatic rings. The number of carbonyl (C=O) groups is 1. The number of aryl methyl sites for hydroxylation is 1. The van der Waals surface area contributed by atoms with Crippen molar-refractivity contribution in [3.63, 3.8) is 0 Å². The van der Waals surface area contributed by atoms with Crippen LogP contribution in [-0.2, 0) is 12.8 Å². The molecule has 0 aliphatic heterocycles. The Hall–Kier alpha value is -2.55. The first kappa shape index (κ1) is 18.8. The molecule has 4 rings (SSSR count). The minimum atomic E-state index is -0.350. The summed E-state index contributed by atoms with van der Waals surface area (Å²) in [6, 6.07) is 13.8. The molecule has 0 aliphatic carbocycles. The highest BCUT2D eigenvalue weighted by Crippen LogP contribution is 2.23. The number of thiophene rings is 2. The molecule has 142 valence electrons. The van der Waals surface area contributed by atoms with Gasteiger partial charge in [0.15, 0.2) is 0 Å². The number of hydrogen-bond acceptors (Lipinski definition) is 5. The maximum atomic E-state index is 12.9. The largest absolute Gasteiger partial charge is 0.322 e. The van der Waals surface area contributed by atoms with E-state index in [4.69, 9.17) is 12.2 Å². The second-order valence-corrected chi connectivity index (χ2v) is 8.80. The molecule has 3 heterocycles. The van der Waals surface area contributed by atoms with Crippen molar-refractivity contribution in [3.05, 3.63) is 83.9 Å². The summed E-state index contributed by atoms with van der Waals surface area (Å²) in [7, 11) is 0. The van der Waals surface area contributed by atoms with E-state index in [9.17, 15) is 9.59 Å². The van der Waals surface area contributed by atoms with Crippen LogP contribution < -0.4 is 11.0 Å². The summed E-state index contributed by atoms with van der Waals surface area (Å²) < 4.78 is 1.28. The molecule has 1 amide bonds. The van der Waals surface area contributed by atoms with E-state index in [0.717, 1.165) is 32.1 Å². The molecule has 28 heavy (non-hydrogen) atoms. The first-order valence-corrected chi connectivity index (χ1v) is 10.9. The molecular formula is C20H17N3O2S3. The Labute approximate surface area is 174 Å². The highest BCUT2D eigenvalue weighted by molar-refractivity contribution is 7.71. The molecule has 0 aliphatic rings. The summed E-state index contributed by atoms with van der Waals surface area (Å²) in [6.07, 6.45) is 1.60. The van der Waals surface area contributed by atoms with Gasteiger partial charge in [0.1, 0.15) is 4.83 Å². The van der Waals surface area contributed by atoms with Crippen molar-refractivity contribution < 1.29 is 4.79 Å². The molecule has 3 aromatic heterocycles. The lowest BCUT2D eigenvalue weighted by molar-refractivity contribution is 0.101. The zero-order valence-electron chi connectivity index (χ0n) is 15.0. The van der Waals surface area contributed by atoms with E-state index in [1.807, 2.05) is 37.3 Å². The van der Waals surface area contributed by atoms with E-state index in [-0.39, 0.29) is 16.2 Å². The van der Waals surface area contributed by atoms with E-state index in [2.05, 4.69) is 22.5 Å². The average Bonchev–Trinajstić information content (AvgIpc) is 3.33. The van der Waals surface area contributed by atoms with E-state index in [1.54, 1.807) is 5.38 Å². The number of nitrogens with one attached hydrogen (secondary N) is 2. The Morgan fingerprint density at radius 1 is 1.21 bits per heavy atom. The number of aromatic amines is 1. The number of carbonyl (C=O) groups excluding carboxylic acids is 1. The summed E-state index contributed by atoms with van der Waals surface area (Å²) in [5.74, 6) is -0.350. The molecule has 0 atom stereocenters. The third-order valence-electron chi connectivity index (χ3n) is 4.34. The standard InChI is InChI=1S/C20H17N3O2S3/c1-2-14-9-13(11-27-14)17(24)22-23-19(25)16-10-15(28-18(16)21-20(23)26)8-12-6-4-3-5-7-12/h3-7,9-11H,2,8H2,1H3,(H,21,26)(H,22,24). The van der Waals surface area contributed by atoms with Crippen LogP contribution in [0.2, 0.25) is 0 Å². The van der Waals surface area contributed by atoms with Gasteiger partial charge in [-0.25, -0.2) is 0 Å². The van der Waals surface area contributed by atoms with Crippen LogP contribution >= 0.6 is 34.9 Å². The zero-order valence-corrected chi connectivity index (χ0v) is 17.5. The van der Waals surface area contributed by atoms with Crippen LogP contribution in [0.4, 0.5) is 0 Å². The molecular weight excluding hydrogens is 410 g/mol. The fourth-order valence-corrected chi connectivity index (χ4v) is 5.09. The van der Waals surface area contributed by atoms with Gasteiger partial charge < -0.3 is 4.98 Å². The number of H-pyrrole nitrogens is 1. The fourth-order valence-electron chi connectivity index (χ4n) is 2.90. The minimum Gasteiger partial charge on any atom is -0.322 e. The smallest absolute Gasteiger partial charge is 0.282 e. The summed E-state index contributed by atoms with van der Waals surface area (Å²) in [5, 5.41) is 2.30. The van der Waals surface area contributed by atoms with E-state index < -0.39 is 0 Å². The molecule has 8 heteroatoms. The quantitative estimate of drug-likeness (QED) is 0.453. The molecule has 5 nitrogen and oxygen atoms in total. The molecule has 2 N–H and O–H groups in total. The van der Waals surface area contributed by atoms with Crippen molar-refractivity contribution in [3.8, 4) is 0 Å². The summed E-state index contributed by atoms with van der Waals surface area (Å²) >= 11 is 8.33. The van der Waals surface area contributed by atoms with Crippen LogP contribution in [-0.4, -0.2) is 15.6 Å². The average molecular weight is 428 g/mol. The second-order valence-electron chi connectivity index (χ2n) is 6.28. The molecule has 0 spiro atoms. The molecule has 0 saturated carbocycles. The van der Waals surface area contributed by atoms with Crippen LogP contribution in [0.25, 0.3) is 10.2 Å². The SMILES string of the molecule is CCc1cc(C(=O)Nn2c(=S)[nH]c3sc(Cc4ccccc4)cc3c2=O)cs1. The molecule has 0 radical (unpaired) electrons. The Balaban J connectivity index is 1.66. The summed E-state index contributed by atoms with van der Waals surface area (Å²) in [6.45, 7) is 2.03. The van der Waals surface area contributed by atoms with Gasteiger partial charge in [-0.05, 0) is 36.3 Å². The maximum absolute atomic E-state index is 12.9. The van der Waals surface area contributed by atoms with Crippen molar-refractivity contribution in [2.24, 2.45) is 0 Å². The van der Waals surface area contributed by atoms with Gasteiger partial charge in [-0.15, -0.1) is 22.7 Å². The van der Waals surface area contributed by atoms with Crippen LogP contribution in [0.3, 0.4) is 0 Å². The monoisotopic (exact) mass is 427 g/mol. The van der Waals surface area contributed by atoms with Gasteiger partial charge in [-0.2, -0.15) is 4.68 Å². The predicted molar refractivity (Wildman–Crippen MR) is 118 cm³/mol. The Morgan fingerprint density at radius 2 is 2.00 bits per heavy atom. The number of rotatable bonds is 5. The van der Waals surface area contributed by atoms with E-state index in [0.29, 0.717) is 10.9 Å². The lowest BCUT2D eigenvalue weighted by Crippen LogP contribution is -2.34. The molecule has 1 aromatic carbocycles. The van der Waals surface area contributed by atoms with Crippen molar-refractivity contribution in [1.29, 1.82) is 0 Å². The Bertz CT molecular complexity index is 1270. The number of benzene rings is 1. The second kappa shape index (κ2) is 7.83. The Morgan fingerprint density at radius 3 is 2.71 bits per heavy atom. The zero-order chi connectivity index (χ0) is 19.7. The van der Waals surface area contributed by atoms with Crippen molar-refractivity contribution >= 4 is 51.0 Å². The van der Waals surface area contributed by atoms with Crippen LogP contribution in [0.15, 0.2) is 52.6 Å². The first-order valence-electron chi connectivity index (χ1n) is 8.75. The van der Waals surface area contributed by atoms with Gasteiger partial charge in [0.25, 0.3) is 11.5 Å². The van der Waals surface area contributed by atoms with E-state index >= 15 is 0 Å². The van der Waals surface area contributed by atoms with Gasteiger partial charge in [0.05, 0.1) is 10.9 Å². The minimum absolute atomic E-state index is 0.171. The van der Waals surface area contributed by atoms with Crippen LogP contribution in [0.5, 0.6) is 0 Å². The van der Waals surface area contributed by atoms with E-state index in [1.165, 1.54) is 28.2 Å². The molecule has 0 bridgehead atoms. The third kappa shape index (κ3) is 3.71. The normalized spacial score (nSPS) is 11.0. The summed E-state index contributed by atoms with van der Waals surface area (Å²) in [4.78, 5) is 31.4. The first-order chi connectivity index (χ1) is 13.5. The third-order valence-corrected chi connectivity index (χ3v) is 6.76. The van der Waals surface area contributed by atoms with Gasteiger partial charge in [-0.1, -0.05) is 37.3 Å². The number of nitrogens with zero attached hydrogens (tertiary/aromatic N) is 1. The maximum Gasteiger partial charge on any atom is 0.282 e. The number of amides is 1. The van der Waals surface area contributed by atoms with Crippen LogP contribution in [0, 0.1) is 4.77 Å². The van der Waals surface area contributed by atoms with Gasteiger partial charge in [0, 0.05) is 21.6 Å². The van der Waals surface area contributed by atoms with Crippen molar-refractivity contribution in [2.75, 3.05) is 5.43 Å². The van der Waals surface area contributed by atoms with Gasteiger partial charge >= 0.3 is 0 Å². The number of aromatic nitrogens is 2. The van der Waals surface area contributed by atoms with Crippen molar-refractivity contribution in [1.82, 2.24) is 9.66 Å². The van der Waals surface area contributed by atoms with Crippen LogP contribution in [0.1, 0.15) is 32.6 Å². The summed E-state index contributed by atoms with van der Waals surface area (Å²) in [5.41, 5.74) is 4.00. The highest BCUT2D eigenvalue weighted by atomic mass is 32.1. The van der Waals surface area contributed by atoms with Crippen molar-refractivity contribution in [2.45, 2.75) is 19.8 Å². The fraction of sp³-hybridized carbons (Fsp3) is 0.150. The Kier molecular flexibility index (Phi) is 5.25. The molecule has 0 unspecified atom stereocenters. The highest BCUT2D eigenvalue weighted by Gasteiger charge is 2.14. The lowest BCUT2D eigenvalue weighted by Gasteiger charge is -2.07. The van der Waals surface area contributed by atoms with Gasteiger partial charge in [0.2, 0.25) is 4.77 Å². The number of hydrogen-bond donors (Lipinski definition) is 2. The lowest BCUT2D eigenvalue weighted by atomic mass is 10.1. The predicted octanol–water partition coefficient (Wildman–Crippen LogP) is 4.72. The van der Waals surface area contributed by atoms with Gasteiger partial charge in [-0.3, -0.25) is 15.0 Å². The number of fused-ring (bicyclic) bond motifs is 1.